The molecule has 2 rings (SSSR count). The Bertz CT molecular complexity index is 595. The predicted octanol–water partition coefficient (Wildman–Crippen LogP) is 0.991. The number of nitrogen functional groups attached to an aromatic ring is 3. The summed E-state index contributed by atoms with van der Waals surface area (Å²) in [6.45, 7) is 4.00. The fraction of sp³-hybridized carbons (Fsp3) is 0.273. The Balaban J connectivity index is 2.34. The molecule has 0 spiro atoms. The van der Waals surface area contributed by atoms with E-state index in [2.05, 4.69) is 25.4 Å². The van der Waals surface area contributed by atoms with E-state index in [1.165, 1.54) is 17.8 Å². The van der Waals surface area contributed by atoms with Gasteiger partial charge in [0.25, 0.3) is 0 Å². The molecule has 0 unspecified atom stereocenters. The highest BCUT2D eigenvalue weighted by molar-refractivity contribution is 7.99. The maximum Gasteiger partial charge on any atom is 0.197 e. The van der Waals surface area contributed by atoms with Crippen LogP contribution in [0.2, 0.25) is 0 Å². The Kier molecular flexibility index (Phi) is 4.20. The molecular weight excluding hydrogens is 276 g/mol. The average molecular weight is 292 g/mol. The lowest BCUT2D eigenvalue weighted by Gasteiger charge is -2.09. The summed E-state index contributed by atoms with van der Waals surface area (Å²) in [5.74, 6) is 7.43. The van der Waals surface area contributed by atoms with Crippen molar-refractivity contribution in [2.75, 3.05) is 16.9 Å². The number of hydrogen-bond donors (Lipinski definition) is 4. The molecule has 2 aromatic heterocycles. The quantitative estimate of drug-likeness (QED) is 0.281. The van der Waals surface area contributed by atoms with E-state index >= 15 is 0 Å². The van der Waals surface area contributed by atoms with Crippen LogP contribution < -0.4 is 22.7 Å². The lowest BCUT2D eigenvalue weighted by molar-refractivity contribution is 0.754. The van der Waals surface area contributed by atoms with Crippen molar-refractivity contribution in [2.45, 2.75) is 29.9 Å². The highest BCUT2D eigenvalue weighted by Gasteiger charge is 2.10. The van der Waals surface area contributed by atoms with Gasteiger partial charge in [-0.1, -0.05) is 13.8 Å². The van der Waals surface area contributed by atoms with Crippen molar-refractivity contribution in [3.8, 4) is 0 Å². The standard InChI is InChI=1S/C11H16N8S/c1-5(2)10-17-8(19-14)4-9(18-10)20-11-15-6(12)3-7(13)16-11/h3-5H,14H2,1-2H3,(H,17,18,19)(H4,12,13,15,16). The summed E-state index contributed by atoms with van der Waals surface area (Å²) in [7, 11) is 0. The van der Waals surface area contributed by atoms with Crippen LogP contribution in [-0.4, -0.2) is 19.9 Å². The second-order valence-corrected chi connectivity index (χ2v) is 5.34. The summed E-state index contributed by atoms with van der Waals surface area (Å²) >= 11 is 1.25. The molecule has 0 saturated carbocycles. The Morgan fingerprint density at radius 3 is 2.25 bits per heavy atom. The summed E-state index contributed by atoms with van der Waals surface area (Å²) < 4.78 is 0. The van der Waals surface area contributed by atoms with Crippen molar-refractivity contribution in [2.24, 2.45) is 5.84 Å². The van der Waals surface area contributed by atoms with Gasteiger partial charge in [0.05, 0.1) is 0 Å². The van der Waals surface area contributed by atoms with E-state index < -0.39 is 0 Å². The van der Waals surface area contributed by atoms with E-state index in [0.717, 1.165) is 0 Å². The third-order valence-electron chi connectivity index (χ3n) is 2.33. The number of rotatable bonds is 4. The molecule has 0 aliphatic carbocycles. The van der Waals surface area contributed by atoms with Crippen LogP contribution in [0.15, 0.2) is 22.3 Å². The minimum Gasteiger partial charge on any atom is -0.383 e. The molecule has 0 aliphatic rings. The van der Waals surface area contributed by atoms with Gasteiger partial charge in [-0.15, -0.1) is 0 Å². The maximum absolute atomic E-state index is 5.64. The number of nitrogens with zero attached hydrogens (tertiary/aromatic N) is 4. The van der Waals surface area contributed by atoms with Gasteiger partial charge in [0, 0.05) is 18.1 Å². The van der Waals surface area contributed by atoms with Crippen LogP contribution in [0.5, 0.6) is 0 Å². The van der Waals surface area contributed by atoms with Crippen LogP contribution in [0, 0.1) is 0 Å². The first-order valence-corrected chi connectivity index (χ1v) is 6.73. The first-order chi connectivity index (χ1) is 9.47. The largest absolute Gasteiger partial charge is 0.383 e. The summed E-state index contributed by atoms with van der Waals surface area (Å²) in [5, 5.41) is 1.10. The summed E-state index contributed by atoms with van der Waals surface area (Å²) in [4.78, 5) is 16.9. The number of hydrazine groups is 1. The van der Waals surface area contributed by atoms with E-state index in [-0.39, 0.29) is 5.92 Å². The van der Waals surface area contributed by atoms with Crippen molar-refractivity contribution >= 4 is 29.2 Å². The smallest absolute Gasteiger partial charge is 0.197 e. The molecule has 0 amide bonds. The van der Waals surface area contributed by atoms with Crippen LogP contribution in [0.1, 0.15) is 25.6 Å². The van der Waals surface area contributed by atoms with E-state index in [0.29, 0.717) is 33.5 Å². The Morgan fingerprint density at radius 2 is 1.70 bits per heavy atom. The molecule has 0 fully saturated rings. The van der Waals surface area contributed by atoms with Crippen molar-refractivity contribution < 1.29 is 0 Å². The molecule has 0 atom stereocenters. The Hall–Kier alpha value is -2.13. The maximum atomic E-state index is 5.64. The molecule has 7 N–H and O–H groups in total. The van der Waals surface area contributed by atoms with Crippen molar-refractivity contribution in [3.63, 3.8) is 0 Å². The Labute approximate surface area is 120 Å². The van der Waals surface area contributed by atoms with Crippen LogP contribution in [0.4, 0.5) is 17.5 Å². The molecule has 0 saturated heterocycles. The van der Waals surface area contributed by atoms with Gasteiger partial charge in [-0.05, 0) is 11.8 Å². The third-order valence-corrected chi connectivity index (χ3v) is 3.11. The molecule has 0 aromatic carbocycles. The lowest BCUT2D eigenvalue weighted by Crippen LogP contribution is -2.11. The fourth-order valence-corrected chi connectivity index (χ4v) is 2.23. The van der Waals surface area contributed by atoms with E-state index in [1.807, 2.05) is 13.8 Å². The second kappa shape index (κ2) is 5.88. The Morgan fingerprint density at radius 1 is 1.05 bits per heavy atom. The average Bonchev–Trinajstić information content (AvgIpc) is 2.36. The van der Waals surface area contributed by atoms with E-state index in [9.17, 15) is 0 Å². The number of nitrogens with one attached hydrogen (secondary N) is 1. The van der Waals surface area contributed by atoms with E-state index in [1.54, 1.807) is 6.07 Å². The topological polar surface area (TPSA) is 142 Å². The van der Waals surface area contributed by atoms with Gasteiger partial charge in [0.15, 0.2) is 5.16 Å². The molecule has 0 bridgehead atoms. The molecule has 2 aromatic rings. The van der Waals surface area contributed by atoms with Crippen LogP contribution >= 0.6 is 11.8 Å². The number of nitrogens with two attached hydrogens (primary N) is 3. The zero-order valence-corrected chi connectivity index (χ0v) is 12.0. The van der Waals surface area contributed by atoms with E-state index in [4.69, 9.17) is 17.3 Å². The predicted molar refractivity (Wildman–Crippen MR) is 78.9 cm³/mol. The summed E-state index contributed by atoms with van der Waals surface area (Å²) in [5.41, 5.74) is 13.8. The molecule has 0 aliphatic heterocycles. The van der Waals surface area contributed by atoms with Crippen LogP contribution in [0.3, 0.4) is 0 Å². The van der Waals surface area contributed by atoms with Gasteiger partial charge >= 0.3 is 0 Å². The highest BCUT2D eigenvalue weighted by Crippen LogP contribution is 2.27. The van der Waals surface area contributed by atoms with Crippen LogP contribution in [0.25, 0.3) is 0 Å². The van der Waals surface area contributed by atoms with Gasteiger partial charge in [0.1, 0.15) is 28.3 Å². The zero-order chi connectivity index (χ0) is 14.7. The molecular formula is C11H16N8S. The van der Waals surface area contributed by atoms with Crippen molar-refractivity contribution in [1.82, 2.24) is 19.9 Å². The normalized spacial score (nSPS) is 10.8. The fourth-order valence-electron chi connectivity index (χ4n) is 1.43. The third kappa shape index (κ3) is 3.45. The zero-order valence-electron chi connectivity index (χ0n) is 11.2. The van der Waals surface area contributed by atoms with Crippen molar-refractivity contribution in [3.05, 3.63) is 18.0 Å². The molecule has 20 heavy (non-hydrogen) atoms. The molecule has 9 heteroatoms. The monoisotopic (exact) mass is 292 g/mol. The number of hydrogen-bond acceptors (Lipinski definition) is 9. The van der Waals surface area contributed by atoms with Crippen LogP contribution in [-0.2, 0) is 0 Å². The van der Waals surface area contributed by atoms with Gasteiger partial charge in [-0.25, -0.2) is 25.8 Å². The van der Waals surface area contributed by atoms with Gasteiger partial charge < -0.3 is 16.9 Å². The SMILES string of the molecule is CC(C)c1nc(NN)cc(Sc2nc(N)cc(N)n2)n1. The van der Waals surface area contributed by atoms with Crippen molar-refractivity contribution in [1.29, 1.82) is 0 Å². The first kappa shape index (κ1) is 14.3. The lowest BCUT2D eigenvalue weighted by atomic mass is 10.2. The molecule has 8 nitrogen and oxygen atoms in total. The van der Waals surface area contributed by atoms with Gasteiger partial charge in [-0.2, -0.15) is 0 Å². The second-order valence-electron chi connectivity index (χ2n) is 4.35. The first-order valence-electron chi connectivity index (χ1n) is 5.91. The minimum absolute atomic E-state index is 0.175. The number of anilines is 3. The van der Waals surface area contributed by atoms with Gasteiger partial charge in [0.2, 0.25) is 0 Å². The molecule has 2 heterocycles. The minimum atomic E-state index is 0.175. The number of aromatic nitrogens is 4. The molecule has 0 radical (unpaired) electrons. The highest BCUT2D eigenvalue weighted by atomic mass is 32.2. The summed E-state index contributed by atoms with van der Waals surface area (Å²) in [6, 6.07) is 3.20. The summed E-state index contributed by atoms with van der Waals surface area (Å²) in [6.07, 6.45) is 0. The van der Waals surface area contributed by atoms with Gasteiger partial charge in [-0.3, -0.25) is 0 Å². The molecule has 106 valence electrons.